The van der Waals surface area contributed by atoms with Crippen LogP contribution in [-0.2, 0) is 0 Å². The van der Waals surface area contributed by atoms with Crippen molar-refractivity contribution in [2.45, 2.75) is 18.9 Å². The summed E-state index contributed by atoms with van der Waals surface area (Å²) in [5, 5.41) is 3.46. The van der Waals surface area contributed by atoms with Crippen molar-refractivity contribution in [3.8, 4) is 11.5 Å². The van der Waals surface area contributed by atoms with E-state index in [1.54, 1.807) is 12.1 Å². The van der Waals surface area contributed by atoms with Crippen molar-refractivity contribution >= 4 is 17.5 Å². The van der Waals surface area contributed by atoms with Crippen LogP contribution in [-0.4, -0.2) is 43.8 Å². The van der Waals surface area contributed by atoms with Crippen molar-refractivity contribution in [1.29, 1.82) is 0 Å². The Bertz CT molecular complexity index is 527. The van der Waals surface area contributed by atoms with Gasteiger partial charge in [0.1, 0.15) is 0 Å². The van der Waals surface area contributed by atoms with E-state index in [0.29, 0.717) is 22.1 Å². The third-order valence-electron chi connectivity index (χ3n) is 3.74. The first kappa shape index (κ1) is 13.5. The molecule has 2 aliphatic heterocycles. The highest BCUT2D eigenvalue weighted by molar-refractivity contribution is 6.32. The normalized spacial score (nSPS) is 19.1. The van der Waals surface area contributed by atoms with Gasteiger partial charge in [0.25, 0.3) is 5.91 Å². The van der Waals surface area contributed by atoms with Crippen LogP contribution in [0.1, 0.15) is 23.2 Å². The third-order valence-corrected chi connectivity index (χ3v) is 4.02. The first-order valence-electron chi connectivity index (χ1n) is 6.72. The Balaban J connectivity index is 1.70. The second-order valence-corrected chi connectivity index (χ2v) is 5.65. The van der Waals surface area contributed by atoms with Crippen LogP contribution in [0.5, 0.6) is 11.5 Å². The summed E-state index contributed by atoms with van der Waals surface area (Å²) < 4.78 is 10.5. The Morgan fingerprint density at radius 2 is 2.10 bits per heavy atom. The molecular weight excluding hydrogens is 280 g/mol. The number of carbonyl (C=O) groups is 1. The lowest BCUT2D eigenvalue weighted by molar-refractivity contribution is 0.0916. The number of nitrogens with one attached hydrogen (secondary N) is 1. The van der Waals surface area contributed by atoms with E-state index in [2.05, 4.69) is 17.3 Å². The number of nitrogens with zero attached hydrogens (tertiary/aromatic N) is 1. The highest BCUT2D eigenvalue weighted by Gasteiger charge is 2.23. The topological polar surface area (TPSA) is 50.8 Å². The zero-order valence-corrected chi connectivity index (χ0v) is 12.1. The molecule has 0 saturated carbocycles. The van der Waals surface area contributed by atoms with Gasteiger partial charge in [-0.3, -0.25) is 4.79 Å². The first-order valence-corrected chi connectivity index (χ1v) is 7.10. The molecule has 108 valence electrons. The molecule has 3 rings (SSSR count). The number of hydrogen-bond donors (Lipinski definition) is 1. The minimum atomic E-state index is -0.111. The third kappa shape index (κ3) is 2.69. The number of hydrogen-bond acceptors (Lipinski definition) is 4. The highest BCUT2D eigenvalue weighted by atomic mass is 35.5. The largest absolute Gasteiger partial charge is 0.454 e. The van der Waals surface area contributed by atoms with Gasteiger partial charge in [-0.2, -0.15) is 0 Å². The van der Waals surface area contributed by atoms with Crippen LogP contribution in [0.4, 0.5) is 0 Å². The lowest BCUT2D eigenvalue weighted by Crippen LogP contribution is -2.43. The number of carbonyl (C=O) groups excluding carboxylic acids is 1. The second kappa shape index (κ2) is 5.50. The lowest BCUT2D eigenvalue weighted by atomic mass is 10.0. The van der Waals surface area contributed by atoms with Crippen molar-refractivity contribution in [2.75, 3.05) is 26.9 Å². The summed E-state index contributed by atoms with van der Waals surface area (Å²) in [6.45, 7) is 2.16. The molecule has 1 amide bonds. The summed E-state index contributed by atoms with van der Waals surface area (Å²) in [7, 11) is 2.09. The molecule has 0 unspecified atom stereocenters. The maximum absolute atomic E-state index is 12.3. The molecule has 0 aliphatic carbocycles. The van der Waals surface area contributed by atoms with Crippen LogP contribution in [0.3, 0.4) is 0 Å². The highest BCUT2D eigenvalue weighted by Crippen LogP contribution is 2.39. The molecule has 1 N–H and O–H groups in total. The van der Waals surface area contributed by atoms with Gasteiger partial charge in [-0.25, -0.2) is 0 Å². The summed E-state index contributed by atoms with van der Waals surface area (Å²) in [4.78, 5) is 14.5. The van der Waals surface area contributed by atoms with Gasteiger partial charge >= 0.3 is 0 Å². The average Bonchev–Trinajstić information content (AvgIpc) is 2.90. The summed E-state index contributed by atoms with van der Waals surface area (Å²) in [6.07, 6.45) is 1.95. The maximum Gasteiger partial charge on any atom is 0.251 e. The Hall–Kier alpha value is -1.46. The predicted molar refractivity (Wildman–Crippen MR) is 75.6 cm³/mol. The summed E-state index contributed by atoms with van der Waals surface area (Å²) in [5.41, 5.74) is 0.512. The van der Waals surface area contributed by atoms with E-state index in [9.17, 15) is 4.79 Å². The number of benzene rings is 1. The second-order valence-electron chi connectivity index (χ2n) is 5.24. The standard InChI is InChI=1S/C14H17ClN2O3/c1-17-4-2-10(3-5-17)16-14(18)9-6-11(15)13-12(7-9)19-8-20-13/h6-7,10H,2-5,8H2,1H3,(H,16,18). The Morgan fingerprint density at radius 1 is 1.35 bits per heavy atom. The summed E-state index contributed by atoms with van der Waals surface area (Å²) in [6, 6.07) is 3.53. The van der Waals surface area contributed by atoms with Crippen molar-refractivity contribution in [3.05, 3.63) is 22.7 Å². The van der Waals surface area contributed by atoms with Crippen LogP contribution < -0.4 is 14.8 Å². The van der Waals surface area contributed by atoms with E-state index in [1.165, 1.54) is 0 Å². The number of ether oxygens (including phenoxy) is 2. The van der Waals surface area contributed by atoms with Gasteiger partial charge in [0.2, 0.25) is 6.79 Å². The minimum Gasteiger partial charge on any atom is -0.454 e. The molecule has 0 spiro atoms. The molecule has 20 heavy (non-hydrogen) atoms. The van der Waals surface area contributed by atoms with E-state index in [1.807, 2.05) is 0 Å². The fourth-order valence-electron chi connectivity index (χ4n) is 2.52. The molecule has 1 aromatic carbocycles. The molecule has 2 heterocycles. The summed E-state index contributed by atoms with van der Waals surface area (Å²) >= 11 is 6.09. The zero-order chi connectivity index (χ0) is 14.1. The Kier molecular flexibility index (Phi) is 3.72. The first-order chi connectivity index (χ1) is 9.63. The van der Waals surface area contributed by atoms with Gasteiger partial charge in [-0.1, -0.05) is 11.6 Å². The van der Waals surface area contributed by atoms with E-state index in [-0.39, 0.29) is 18.7 Å². The molecule has 1 aromatic rings. The van der Waals surface area contributed by atoms with Gasteiger partial charge in [-0.05, 0) is 45.1 Å². The molecule has 6 heteroatoms. The molecular formula is C14H17ClN2O3. The number of piperidine rings is 1. The van der Waals surface area contributed by atoms with Crippen molar-refractivity contribution in [3.63, 3.8) is 0 Å². The van der Waals surface area contributed by atoms with E-state index in [4.69, 9.17) is 21.1 Å². The van der Waals surface area contributed by atoms with Gasteiger partial charge in [-0.15, -0.1) is 0 Å². The van der Waals surface area contributed by atoms with Crippen LogP contribution >= 0.6 is 11.6 Å². The smallest absolute Gasteiger partial charge is 0.251 e. The van der Waals surface area contributed by atoms with Crippen LogP contribution in [0.15, 0.2) is 12.1 Å². The van der Waals surface area contributed by atoms with Gasteiger partial charge in [0.05, 0.1) is 5.02 Å². The maximum atomic E-state index is 12.3. The van der Waals surface area contributed by atoms with Crippen LogP contribution in [0, 0.1) is 0 Å². The number of halogens is 1. The fraction of sp³-hybridized carbons (Fsp3) is 0.500. The predicted octanol–water partition coefficient (Wildman–Crippen LogP) is 1.89. The average molecular weight is 297 g/mol. The van der Waals surface area contributed by atoms with Gasteiger partial charge < -0.3 is 19.7 Å². The number of likely N-dealkylation sites (tertiary alicyclic amines) is 1. The monoisotopic (exact) mass is 296 g/mol. The Morgan fingerprint density at radius 3 is 2.85 bits per heavy atom. The van der Waals surface area contributed by atoms with E-state index < -0.39 is 0 Å². The van der Waals surface area contributed by atoms with E-state index in [0.717, 1.165) is 25.9 Å². The molecule has 2 aliphatic rings. The van der Waals surface area contributed by atoms with Crippen molar-refractivity contribution in [2.24, 2.45) is 0 Å². The number of amides is 1. The molecule has 0 radical (unpaired) electrons. The van der Waals surface area contributed by atoms with E-state index >= 15 is 0 Å². The lowest BCUT2D eigenvalue weighted by Gasteiger charge is -2.29. The molecule has 0 aromatic heterocycles. The van der Waals surface area contributed by atoms with Gasteiger partial charge in [0.15, 0.2) is 11.5 Å². The number of fused-ring (bicyclic) bond motifs is 1. The molecule has 0 atom stereocenters. The molecule has 1 saturated heterocycles. The molecule has 5 nitrogen and oxygen atoms in total. The van der Waals surface area contributed by atoms with Gasteiger partial charge in [0, 0.05) is 11.6 Å². The summed E-state index contributed by atoms with van der Waals surface area (Å²) in [5.74, 6) is 0.938. The zero-order valence-electron chi connectivity index (χ0n) is 11.3. The van der Waals surface area contributed by atoms with Crippen molar-refractivity contribution in [1.82, 2.24) is 10.2 Å². The van der Waals surface area contributed by atoms with Crippen LogP contribution in [0.2, 0.25) is 5.02 Å². The van der Waals surface area contributed by atoms with Crippen molar-refractivity contribution < 1.29 is 14.3 Å². The molecule has 0 bridgehead atoms. The van der Waals surface area contributed by atoms with Crippen LogP contribution in [0.25, 0.3) is 0 Å². The molecule has 1 fully saturated rings. The minimum absolute atomic E-state index is 0.111. The fourth-order valence-corrected chi connectivity index (χ4v) is 2.79. The Labute approximate surface area is 122 Å². The number of rotatable bonds is 2. The quantitative estimate of drug-likeness (QED) is 0.905. The SMILES string of the molecule is CN1CCC(NC(=O)c2cc(Cl)c3c(c2)OCO3)CC1.